The van der Waals surface area contributed by atoms with E-state index in [4.69, 9.17) is 5.73 Å². The predicted octanol–water partition coefficient (Wildman–Crippen LogP) is 2.68. The fraction of sp³-hybridized carbons (Fsp3) is 0.316. The van der Waals surface area contributed by atoms with Gasteiger partial charge in [0, 0.05) is 43.3 Å². The van der Waals surface area contributed by atoms with Crippen molar-refractivity contribution in [1.82, 2.24) is 19.4 Å². The Morgan fingerprint density at radius 2 is 1.96 bits per heavy atom. The van der Waals surface area contributed by atoms with Gasteiger partial charge < -0.3 is 15.2 Å². The first-order valence-electron chi connectivity index (χ1n) is 8.64. The molecular weight excluding hydrogens is 346 g/mol. The number of hydrogen-bond donors (Lipinski definition) is 1. The number of aryl methyl sites for hydroxylation is 1. The molecule has 0 spiro atoms. The second-order valence-corrected chi connectivity index (χ2v) is 7.56. The number of anilines is 1. The Hall–Kier alpha value is -2.67. The smallest absolute Gasteiger partial charge is 0.289 e. The van der Waals surface area contributed by atoms with Gasteiger partial charge in [-0.1, -0.05) is 30.3 Å². The van der Waals surface area contributed by atoms with Gasteiger partial charge in [-0.05, 0) is 18.4 Å². The van der Waals surface area contributed by atoms with Gasteiger partial charge in [-0.3, -0.25) is 4.79 Å². The first-order chi connectivity index (χ1) is 12.6. The lowest BCUT2D eigenvalue weighted by Crippen LogP contribution is -2.46. The molecule has 4 rings (SSSR count). The lowest BCUT2D eigenvalue weighted by atomic mass is 9.70. The van der Waals surface area contributed by atoms with Crippen LogP contribution in [0.3, 0.4) is 0 Å². The molecule has 1 aliphatic heterocycles. The third-order valence-corrected chi connectivity index (χ3v) is 5.93. The van der Waals surface area contributed by atoms with E-state index >= 15 is 0 Å². The number of thiazole rings is 1. The number of piperidine rings is 1. The second-order valence-electron chi connectivity index (χ2n) is 6.67. The van der Waals surface area contributed by atoms with Crippen LogP contribution >= 0.6 is 11.3 Å². The molecule has 3 heterocycles. The van der Waals surface area contributed by atoms with Crippen LogP contribution < -0.4 is 5.73 Å². The fourth-order valence-electron chi connectivity index (χ4n) is 3.76. The van der Waals surface area contributed by atoms with Crippen molar-refractivity contribution in [3.8, 4) is 0 Å². The highest BCUT2D eigenvalue weighted by Crippen LogP contribution is 2.42. The molecule has 0 unspecified atom stereocenters. The zero-order valence-corrected chi connectivity index (χ0v) is 15.4. The van der Waals surface area contributed by atoms with Gasteiger partial charge in [0.2, 0.25) is 0 Å². The number of hydrogen-bond acceptors (Lipinski definition) is 5. The van der Waals surface area contributed by atoms with Crippen molar-refractivity contribution in [1.29, 1.82) is 0 Å². The zero-order chi connectivity index (χ0) is 18.1. The van der Waals surface area contributed by atoms with Crippen LogP contribution in [0.4, 0.5) is 5.13 Å². The standard InChI is InChI=1S/C19H21N5OS/c1-23-12-9-21-16(23)17(25)24-10-7-19(8-11-24,14-5-3-2-4-6-14)15-13-26-18(20)22-15/h2-6,9,12-13H,7-8,10-11H2,1H3,(H2,20,22). The second kappa shape index (κ2) is 6.57. The minimum absolute atomic E-state index is 0.0167. The summed E-state index contributed by atoms with van der Waals surface area (Å²) in [6.45, 7) is 1.33. The van der Waals surface area contributed by atoms with Gasteiger partial charge in [-0.2, -0.15) is 0 Å². The molecule has 0 saturated carbocycles. The Labute approximate surface area is 156 Å². The Balaban J connectivity index is 1.63. The van der Waals surface area contributed by atoms with E-state index in [-0.39, 0.29) is 11.3 Å². The maximum Gasteiger partial charge on any atom is 0.289 e. The maximum atomic E-state index is 12.8. The summed E-state index contributed by atoms with van der Waals surface area (Å²) in [4.78, 5) is 23.5. The average molecular weight is 367 g/mol. The number of rotatable bonds is 3. The van der Waals surface area contributed by atoms with Crippen molar-refractivity contribution >= 4 is 22.4 Å². The summed E-state index contributed by atoms with van der Waals surface area (Å²) in [5.41, 5.74) is 7.95. The lowest BCUT2D eigenvalue weighted by Gasteiger charge is -2.41. The van der Waals surface area contributed by atoms with Crippen LogP contribution in [0.2, 0.25) is 0 Å². The summed E-state index contributed by atoms with van der Waals surface area (Å²) in [5.74, 6) is 0.465. The monoisotopic (exact) mass is 367 g/mol. The zero-order valence-electron chi connectivity index (χ0n) is 14.6. The molecule has 3 aromatic rings. The topological polar surface area (TPSA) is 77.0 Å². The van der Waals surface area contributed by atoms with E-state index in [1.54, 1.807) is 17.0 Å². The number of aromatic nitrogens is 3. The fourth-order valence-corrected chi connectivity index (χ4v) is 4.42. The summed E-state index contributed by atoms with van der Waals surface area (Å²) in [6.07, 6.45) is 5.08. The van der Waals surface area contributed by atoms with Crippen LogP contribution in [0, 0.1) is 0 Å². The maximum absolute atomic E-state index is 12.8. The van der Waals surface area contributed by atoms with Crippen molar-refractivity contribution in [2.24, 2.45) is 7.05 Å². The molecule has 1 saturated heterocycles. The van der Waals surface area contributed by atoms with E-state index in [0.717, 1.165) is 18.5 Å². The molecule has 2 aromatic heterocycles. The summed E-state index contributed by atoms with van der Waals surface area (Å²) in [7, 11) is 1.84. The van der Waals surface area contributed by atoms with Gasteiger partial charge in [-0.25, -0.2) is 9.97 Å². The molecule has 2 N–H and O–H groups in total. The summed E-state index contributed by atoms with van der Waals surface area (Å²) in [6, 6.07) is 10.4. The highest BCUT2D eigenvalue weighted by atomic mass is 32.1. The molecule has 1 aliphatic rings. The van der Waals surface area contributed by atoms with Gasteiger partial charge in [0.05, 0.1) is 5.69 Å². The first-order valence-corrected chi connectivity index (χ1v) is 9.52. The van der Waals surface area contributed by atoms with Crippen LogP contribution in [0.25, 0.3) is 0 Å². The van der Waals surface area contributed by atoms with Crippen LogP contribution in [0.5, 0.6) is 0 Å². The minimum atomic E-state index is -0.201. The van der Waals surface area contributed by atoms with Crippen molar-refractivity contribution in [2.45, 2.75) is 18.3 Å². The quantitative estimate of drug-likeness (QED) is 0.772. The van der Waals surface area contributed by atoms with Crippen molar-refractivity contribution < 1.29 is 4.79 Å². The number of benzene rings is 1. The molecule has 1 aromatic carbocycles. The van der Waals surface area contributed by atoms with E-state index in [2.05, 4.69) is 39.6 Å². The van der Waals surface area contributed by atoms with E-state index < -0.39 is 0 Å². The molecule has 6 nitrogen and oxygen atoms in total. The molecule has 134 valence electrons. The molecule has 7 heteroatoms. The normalized spacial score (nSPS) is 16.6. The van der Waals surface area contributed by atoms with Crippen molar-refractivity contribution in [2.75, 3.05) is 18.8 Å². The Kier molecular flexibility index (Phi) is 4.24. The van der Waals surface area contributed by atoms with Crippen molar-refractivity contribution in [3.63, 3.8) is 0 Å². The Morgan fingerprint density at radius 3 is 2.54 bits per heavy atom. The van der Waals surface area contributed by atoms with E-state index in [1.807, 2.05) is 18.0 Å². The molecule has 0 atom stereocenters. The predicted molar refractivity (Wildman–Crippen MR) is 102 cm³/mol. The number of imidazole rings is 1. The van der Waals surface area contributed by atoms with E-state index in [1.165, 1.54) is 16.9 Å². The molecule has 26 heavy (non-hydrogen) atoms. The van der Waals surface area contributed by atoms with Gasteiger partial charge in [0.1, 0.15) is 0 Å². The molecule has 0 radical (unpaired) electrons. The molecular formula is C19H21N5OS. The molecule has 1 fully saturated rings. The SMILES string of the molecule is Cn1ccnc1C(=O)N1CCC(c2ccccc2)(c2csc(N)n2)CC1. The Morgan fingerprint density at radius 1 is 1.23 bits per heavy atom. The number of nitrogens with zero attached hydrogens (tertiary/aromatic N) is 4. The summed E-state index contributed by atoms with van der Waals surface area (Å²) >= 11 is 1.47. The van der Waals surface area contributed by atoms with Crippen LogP contribution in [0.1, 0.15) is 34.7 Å². The molecule has 0 aliphatic carbocycles. The van der Waals surface area contributed by atoms with E-state index in [0.29, 0.717) is 24.0 Å². The number of carbonyl (C=O) groups is 1. The first kappa shape index (κ1) is 16.8. The van der Waals surface area contributed by atoms with Crippen molar-refractivity contribution in [3.05, 3.63) is 65.2 Å². The lowest BCUT2D eigenvalue weighted by molar-refractivity contribution is 0.0668. The number of likely N-dealkylation sites (tertiary alicyclic amines) is 1. The number of nitrogens with two attached hydrogens (primary N) is 1. The molecule has 0 bridgehead atoms. The van der Waals surface area contributed by atoms with Gasteiger partial charge in [-0.15, -0.1) is 11.3 Å². The summed E-state index contributed by atoms with van der Waals surface area (Å²) in [5, 5.41) is 2.64. The van der Waals surface area contributed by atoms with Gasteiger partial charge >= 0.3 is 0 Å². The van der Waals surface area contributed by atoms with E-state index in [9.17, 15) is 4.79 Å². The average Bonchev–Trinajstić information content (AvgIpc) is 3.30. The molecule has 1 amide bonds. The highest BCUT2D eigenvalue weighted by molar-refractivity contribution is 7.13. The van der Waals surface area contributed by atoms with Gasteiger partial charge in [0.15, 0.2) is 11.0 Å². The van der Waals surface area contributed by atoms with Crippen LogP contribution in [-0.4, -0.2) is 38.4 Å². The number of carbonyl (C=O) groups excluding carboxylic acids is 1. The number of nitrogen functional groups attached to an aromatic ring is 1. The highest BCUT2D eigenvalue weighted by Gasteiger charge is 2.41. The van der Waals surface area contributed by atoms with Gasteiger partial charge in [0.25, 0.3) is 5.91 Å². The summed E-state index contributed by atoms with van der Waals surface area (Å²) < 4.78 is 1.77. The number of amides is 1. The van der Waals surface area contributed by atoms with Crippen LogP contribution in [0.15, 0.2) is 48.1 Å². The third-order valence-electron chi connectivity index (χ3n) is 5.26. The minimum Gasteiger partial charge on any atom is -0.375 e. The largest absolute Gasteiger partial charge is 0.375 e. The third kappa shape index (κ3) is 2.78. The Bertz CT molecular complexity index is 909. The van der Waals surface area contributed by atoms with Crippen LogP contribution in [-0.2, 0) is 12.5 Å².